The molecule has 0 saturated carbocycles. The Balaban J connectivity index is 2.39. The molecule has 1 aromatic carbocycles. The van der Waals surface area contributed by atoms with E-state index in [0.29, 0.717) is 16.8 Å². The average molecular weight is 279 g/mol. The van der Waals surface area contributed by atoms with Gasteiger partial charge in [-0.2, -0.15) is 12.6 Å². The molecule has 0 spiro atoms. The third-order valence-electron chi connectivity index (χ3n) is 1.71. The highest BCUT2D eigenvalue weighted by Gasteiger charge is 2.00. The van der Waals surface area contributed by atoms with E-state index in [1.54, 1.807) is 12.1 Å². The van der Waals surface area contributed by atoms with Crippen molar-refractivity contribution in [2.75, 3.05) is 12.4 Å². The van der Waals surface area contributed by atoms with Crippen LogP contribution in [0.4, 0.5) is 4.39 Å². The summed E-state index contributed by atoms with van der Waals surface area (Å²) in [5.74, 6) is 1.14. The monoisotopic (exact) mass is 278 g/mol. The molecule has 0 unspecified atom stereocenters. The van der Waals surface area contributed by atoms with E-state index in [1.807, 2.05) is 0 Å². The third-order valence-corrected chi connectivity index (χ3v) is 2.67. The summed E-state index contributed by atoms with van der Waals surface area (Å²) in [5.41, 5.74) is 0. The van der Waals surface area contributed by atoms with E-state index in [9.17, 15) is 4.39 Å². The number of hydrogen-bond acceptors (Lipinski definition) is 2. The standard InChI is InChI=1S/C10H12BrFOS/c11-9-4-3-8(7-10(9)12)13-5-1-2-6-14/h3-4,7,14H,1-2,5-6H2. The molecule has 0 atom stereocenters. The second-order valence-corrected chi connectivity index (χ2v) is 4.16. The zero-order chi connectivity index (χ0) is 10.4. The third kappa shape index (κ3) is 3.88. The molecular weight excluding hydrogens is 267 g/mol. The van der Waals surface area contributed by atoms with Crippen molar-refractivity contribution >= 4 is 28.6 Å². The van der Waals surface area contributed by atoms with Gasteiger partial charge < -0.3 is 4.74 Å². The quantitative estimate of drug-likeness (QED) is 0.639. The molecule has 0 amide bonds. The highest BCUT2D eigenvalue weighted by atomic mass is 79.9. The van der Waals surface area contributed by atoms with Crippen LogP contribution < -0.4 is 4.74 Å². The summed E-state index contributed by atoms with van der Waals surface area (Å²) in [5, 5.41) is 0. The number of thiol groups is 1. The Labute approximate surface area is 97.2 Å². The molecule has 0 aliphatic heterocycles. The van der Waals surface area contributed by atoms with Crippen LogP contribution in [0.3, 0.4) is 0 Å². The molecule has 0 bridgehead atoms. The van der Waals surface area contributed by atoms with E-state index < -0.39 is 0 Å². The molecule has 0 aliphatic carbocycles. The SMILES string of the molecule is Fc1cc(OCCCCS)ccc1Br. The predicted octanol–water partition coefficient (Wildman–Crippen LogP) is 3.68. The molecule has 14 heavy (non-hydrogen) atoms. The fourth-order valence-electron chi connectivity index (χ4n) is 0.971. The van der Waals surface area contributed by atoms with Crippen molar-refractivity contribution in [3.63, 3.8) is 0 Å². The highest BCUT2D eigenvalue weighted by Crippen LogP contribution is 2.20. The van der Waals surface area contributed by atoms with Crippen LogP contribution in [-0.4, -0.2) is 12.4 Å². The summed E-state index contributed by atoms with van der Waals surface area (Å²) < 4.78 is 18.8. The number of benzene rings is 1. The van der Waals surface area contributed by atoms with Gasteiger partial charge in [-0.3, -0.25) is 0 Å². The van der Waals surface area contributed by atoms with Crippen molar-refractivity contribution in [2.24, 2.45) is 0 Å². The Hall–Kier alpha value is -0.220. The van der Waals surface area contributed by atoms with Crippen LogP contribution in [0.15, 0.2) is 22.7 Å². The topological polar surface area (TPSA) is 9.23 Å². The molecular formula is C10H12BrFOS. The van der Waals surface area contributed by atoms with Crippen LogP contribution >= 0.6 is 28.6 Å². The lowest BCUT2D eigenvalue weighted by Crippen LogP contribution is -1.97. The summed E-state index contributed by atoms with van der Waals surface area (Å²) in [6, 6.07) is 4.77. The van der Waals surface area contributed by atoms with E-state index in [2.05, 4.69) is 28.6 Å². The first-order valence-corrected chi connectivity index (χ1v) is 5.85. The molecule has 0 fully saturated rings. The first-order chi connectivity index (χ1) is 6.74. The zero-order valence-corrected chi connectivity index (χ0v) is 10.2. The van der Waals surface area contributed by atoms with E-state index >= 15 is 0 Å². The predicted molar refractivity (Wildman–Crippen MR) is 62.7 cm³/mol. The Morgan fingerprint density at radius 1 is 1.36 bits per heavy atom. The molecule has 1 nitrogen and oxygen atoms in total. The lowest BCUT2D eigenvalue weighted by atomic mass is 10.3. The number of halogens is 2. The van der Waals surface area contributed by atoms with Gasteiger partial charge in [-0.1, -0.05) is 0 Å². The second kappa shape index (κ2) is 6.30. The van der Waals surface area contributed by atoms with Gasteiger partial charge in [-0.05, 0) is 46.7 Å². The molecule has 0 aromatic heterocycles. The summed E-state index contributed by atoms with van der Waals surface area (Å²) in [6.07, 6.45) is 1.96. The fourth-order valence-corrected chi connectivity index (χ4v) is 1.44. The number of rotatable bonds is 5. The van der Waals surface area contributed by atoms with Gasteiger partial charge in [0.05, 0.1) is 11.1 Å². The minimum Gasteiger partial charge on any atom is -0.493 e. The maximum Gasteiger partial charge on any atom is 0.141 e. The first-order valence-electron chi connectivity index (χ1n) is 4.43. The maximum atomic E-state index is 13.0. The van der Waals surface area contributed by atoms with Crippen LogP contribution in [0.25, 0.3) is 0 Å². The van der Waals surface area contributed by atoms with E-state index in [1.165, 1.54) is 6.07 Å². The van der Waals surface area contributed by atoms with E-state index in [0.717, 1.165) is 18.6 Å². The minimum absolute atomic E-state index is 0.295. The van der Waals surface area contributed by atoms with Crippen LogP contribution in [0, 0.1) is 5.82 Å². The zero-order valence-electron chi connectivity index (χ0n) is 7.67. The largest absolute Gasteiger partial charge is 0.493 e. The van der Waals surface area contributed by atoms with Gasteiger partial charge in [0, 0.05) is 6.07 Å². The molecule has 0 N–H and O–H groups in total. The molecule has 0 heterocycles. The number of hydrogen-bond donors (Lipinski definition) is 1. The maximum absolute atomic E-state index is 13.0. The smallest absolute Gasteiger partial charge is 0.141 e. The van der Waals surface area contributed by atoms with Crippen molar-refractivity contribution in [1.29, 1.82) is 0 Å². The minimum atomic E-state index is -0.295. The Morgan fingerprint density at radius 2 is 2.14 bits per heavy atom. The average Bonchev–Trinajstić information content (AvgIpc) is 2.18. The van der Waals surface area contributed by atoms with Gasteiger partial charge in [0.2, 0.25) is 0 Å². The molecule has 0 saturated heterocycles. The van der Waals surface area contributed by atoms with Crippen molar-refractivity contribution in [2.45, 2.75) is 12.8 Å². The van der Waals surface area contributed by atoms with Crippen molar-refractivity contribution in [3.05, 3.63) is 28.5 Å². The number of ether oxygens (including phenoxy) is 1. The Bertz CT molecular complexity index is 293. The molecule has 78 valence electrons. The van der Waals surface area contributed by atoms with E-state index in [4.69, 9.17) is 4.74 Å². The summed E-state index contributed by atoms with van der Waals surface area (Å²) in [4.78, 5) is 0. The fraction of sp³-hybridized carbons (Fsp3) is 0.400. The molecule has 1 aromatic rings. The summed E-state index contributed by atoms with van der Waals surface area (Å²) >= 11 is 7.17. The molecule has 1 rings (SSSR count). The van der Waals surface area contributed by atoms with Crippen molar-refractivity contribution in [3.8, 4) is 5.75 Å². The van der Waals surface area contributed by atoms with Crippen LogP contribution in [0.5, 0.6) is 5.75 Å². The Kier molecular flexibility index (Phi) is 5.33. The van der Waals surface area contributed by atoms with Crippen molar-refractivity contribution in [1.82, 2.24) is 0 Å². The van der Waals surface area contributed by atoms with Crippen molar-refractivity contribution < 1.29 is 9.13 Å². The number of unbranched alkanes of at least 4 members (excludes halogenated alkanes) is 1. The normalized spacial score (nSPS) is 10.2. The first kappa shape index (κ1) is 11.9. The lowest BCUT2D eigenvalue weighted by molar-refractivity contribution is 0.308. The van der Waals surface area contributed by atoms with Gasteiger partial charge in [0.15, 0.2) is 0 Å². The second-order valence-electron chi connectivity index (χ2n) is 2.86. The van der Waals surface area contributed by atoms with E-state index in [-0.39, 0.29) is 5.82 Å². The van der Waals surface area contributed by atoms with Gasteiger partial charge >= 0.3 is 0 Å². The van der Waals surface area contributed by atoms with Gasteiger partial charge in [0.25, 0.3) is 0 Å². The van der Waals surface area contributed by atoms with Crippen LogP contribution in [0.1, 0.15) is 12.8 Å². The Morgan fingerprint density at radius 3 is 2.79 bits per heavy atom. The highest BCUT2D eigenvalue weighted by molar-refractivity contribution is 9.10. The van der Waals surface area contributed by atoms with Gasteiger partial charge in [-0.25, -0.2) is 4.39 Å². The molecule has 4 heteroatoms. The van der Waals surface area contributed by atoms with Crippen LogP contribution in [-0.2, 0) is 0 Å². The summed E-state index contributed by atoms with van der Waals surface area (Å²) in [7, 11) is 0. The van der Waals surface area contributed by atoms with Gasteiger partial charge in [-0.15, -0.1) is 0 Å². The van der Waals surface area contributed by atoms with Crippen LogP contribution in [0.2, 0.25) is 0 Å². The summed E-state index contributed by atoms with van der Waals surface area (Å²) in [6.45, 7) is 0.613. The molecule has 0 aliphatic rings. The molecule has 0 radical (unpaired) electrons. The van der Waals surface area contributed by atoms with Gasteiger partial charge in [0.1, 0.15) is 11.6 Å². The lowest BCUT2D eigenvalue weighted by Gasteiger charge is -2.05.